The molecule has 0 spiro atoms. The van der Waals surface area contributed by atoms with Crippen LogP contribution in [0.5, 0.6) is 5.75 Å². The number of halogens is 1. The van der Waals surface area contributed by atoms with Gasteiger partial charge in [0.25, 0.3) is 0 Å². The molecule has 0 amide bonds. The van der Waals surface area contributed by atoms with Gasteiger partial charge in [0, 0.05) is 23.6 Å². The normalized spacial score (nSPS) is 12.1. The second-order valence-electron chi connectivity index (χ2n) is 5.16. The minimum absolute atomic E-state index is 0.206. The van der Waals surface area contributed by atoms with E-state index in [1.807, 2.05) is 42.7 Å². The lowest BCUT2D eigenvalue weighted by atomic mass is 10.2. The van der Waals surface area contributed by atoms with E-state index in [0.29, 0.717) is 10.8 Å². The molecule has 1 aliphatic rings. The van der Waals surface area contributed by atoms with Crippen molar-refractivity contribution < 1.29 is 5.11 Å². The van der Waals surface area contributed by atoms with Gasteiger partial charge in [-0.05, 0) is 30.3 Å². The van der Waals surface area contributed by atoms with Crippen LogP contribution in [0.1, 0.15) is 19.7 Å². The Kier molecular flexibility index (Phi) is 4.71. The highest BCUT2D eigenvalue weighted by atomic mass is 35.5. The molecule has 0 unspecified atom stereocenters. The summed E-state index contributed by atoms with van der Waals surface area (Å²) in [5.74, 6) is 1.79. The Balaban J connectivity index is 0.000000815. The van der Waals surface area contributed by atoms with E-state index < -0.39 is 0 Å². The lowest BCUT2D eigenvalue weighted by molar-refractivity contribution is 0.475. The van der Waals surface area contributed by atoms with Crippen LogP contribution in [-0.2, 0) is 6.42 Å². The number of fused-ring (bicyclic) bond motifs is 3. The molecular weight excluding hydrogens is 324 g/mol. The molecule has 1 aliphatic heterocycles. The van der Waals surface area contributed by atoms with Crippen molar-refractivity contribution in [1.29, 1.82) is 0 Å². The molecule has 3 aromatic rings. The summed E-state index contributed by atoms with van der Waals surface area (Å²) in [6, 6.07) is 12.7. The van der Waals surface area contributed by atoms with Crippen LogP contribution in [0.2, 0.25) is 5.02 Å². The molecule has 6 heteroatoms. The number of rotatable bonds is 1. The van der Waals surface area contributed by atoms with E-state index in [4.69, 9.17) is 11.6 Å². The molecule has 2 aromatic carbocycles. The topological polar surface area (TPSA) is 63.0 Å². The van der Waals surface area contributed by atoms with Crippen LogP contribution in [-0.4, -0.2) is 26.4 Å². The number of phenols is 1. The van der Waals surface area contributed by atoms with Gasteiger partial charge in [-0.1, -0.05) is 37.6 Å². The molecule has 0 aliphatic carbocycles. The van der Waals surface area contributed by atoms with Crippen molar-refractivity contribution in [3.63, 3.8) is 0 Å². The van der Waals surface area contributed by atoms with Gasteiger partial charge < -0.3 is 10.4 Å². The van der Waals surface area contributed by atoms with E-state index in [-0.39, 0.29) is 5.75 Å². The summed E-state index contributed by atoms with van der Waals surface area (Å²) in [7, 11) is 0. The van der Waals surface area contributed by atoms with Gasteiger partial charge in [-0.2, -0.15) is 0 Å². The third-order valence-electron chi connectivity index (χ3n) is 3.70. The first kappa shape index (κ1) is 16.3. The Morgan fingerprint density at radius 2 is 1.96 bits per heavy atom. The lowest BCUT2D eigenvalue weighted by Gasteiger charge is -2.12. The molecule has 0 radical (unpaired) electrons. The first-order chi connectivity index (χ1) is 11.7. The van der Waals surface area contributed by atoms with Crippen LogP contribution < -0.4 is 5.32 Å². The average molecular weight is 343 g/mol. The van der Waals surface area contributed by atoms with Crippen LogP contribution in [0.4, 0.5) is 5.69 Å². The fraction of sp³-hybridized carbons (Fsp3) is 0.222. The van der Waals surface area contributed by atoms with Gasteiger partial charge >= 0.3 is 0 Å². The van der Waals surface area contributed by atoms with Crippen molar-refractivity contribution in [3.8, 4) is 22.8 Å². The molecule has 0 atom stereocenters. The van der Waals surface area contributed by atoms with E-state index >= 15 is 0 Å². The second kappa shape index (κ2) is 6.93. The Morgan fingerprint density at radius 3 is 2.75 bits per heavy atom. The monoisotopic (exact) mass is 342 g/mol. The van der Waals surface area contributed by atoms with Crippen molar-refractivity contribution in [1.82, 2.24) is 14.8 Å². The summed E-state index contributed by atoms with van der Waals surface area (Å²) in [5.41, 5.74) is 2.73. The first-order valence-corrected chi connectivity index (χ1v) is 8.38. The predicted octanol–water partition coefficient (Wildman–Crippen LogP) is 4.29. The van der Waals surface area contributed by atoms with E-state index in [2.05, 4.69) is 15.5 Å². The summed E-state index contributed by atoms with van der Waals surface area (Å²) in [4.78, 5) is 0. The van der Waals surface area contributed by atoms with Gasteiger partial charge in [-0.3, -0.25) is 4.57 Å². The fourth-order valence-corrected chi connectivity index (χ4v) is 2.89. The van der Waals surface area contributed by atoms with Crippen molar-refractivity contribution in [2.45, 2.75) is 20.3 Å². The largest absolute Gasteiger partial charge is 0.508 e. The number of phenolic OH excluding ortho intramolecular Hbond substituents is 1. The number of hydrogen-bond acceptors (Lipinski definition) is 4. The number of aromatic nitrogens is 3. The minimum Gasteiger partial charge on any atom is -0.508 e. The predicted molar refractivity (Wildman–Crippen MR) is 97.0 cm³/mol. The zero-order chi connectivity index (χ0) is 17.1. The number of hydrogen-bond donors (Lipinski definition) is 2. The lowest BCUT2D eigenvalue weighted by Crippen LogP contribution is -2.03. The highest BCUT2D eigenvalue weighted by molar-refractivity contribution is 6.31. The Labute approximate surface area is 145 Å². The SMILES string of the molecule is CC.Oc1cccc(-c2nnc3n2-c2ccc(Cl)cc2NCC3)c1. The standard InChI is InChI=1S/C16H13ClN4O.C2H6/c17-11-4-5-14-13(9-11)18-7-6-15-19-20-16(21(14)15)10-2-1-3-12(22)8-10;1-2/h1-5,8-9,18,22H,6-7H2;1-2H3. The average Bonchev–Trinajstić information content (AvgIpc) is 2.92. The summed E-state index contributed by atoms with van der Waals surface area (Å²) in [6.07, 6.45) is 0.762. The maximum Gasteiger partial charge on any atom is 0.168 e. The van der Waals surface area contributed by atoms with Crippen LogP contribution in [0.3, 0.4) is 0 Å². The van der Waals surface area contributed by atoms with Crippen molar-refractivity contribution in [3.05, 3.63) is 53.3 Å². The Morgan fingerprint density at radius 1 is 1.12 bits per heavy atom. The van der Waals surface area contributed by atoms with Gasteiger partial charge in [0.15, 0.2) is 5.82 Å². The highest BCUT2D eigenvalue weighted by Gasteiger charge is 2.20. The zero-order valence-corrected chi connectivity index (χ0v) is 14.4. The third-order valence-corrected chi connectivity index (χ3v) is 3.93. The number of benzene rings is 2. The molecular formula is C18H19ClN4O. The molecule has 2 heterocycles. The smallest absolute Gasteiger partial charge is 0.168 e. The summed E-state index contributed by atoms with van der Waals surface area (Å²) < 4.78 is 2.01. The first-order valence-electron chi connectivity index (χ1n) is 8.00. The Bertz CT molecular complexity index is 860. The van der Waals surface area contributed by atoms with Crippen LogP contribution >= 0.6 is 11.6 Å². The molecule has 0 fully saturated rings. The van der Waals surface area contributed by atoms with Gasteiger partial charge in [0.2, 0.25) is 0 Å². The number of aromatic hydroxyl groups is 1. The van der Waals surface area contributed by atoms with E-state index in [9.17, 15) is 5.11 Å². The summed E-state index contributed by atoms with van der Waals surface area (Å²) in [5, 5.41) is 22.4. The molecule has 0 saturated carbocycles. The quantitative estimate of drug-likeness (QED) is 0.692. The van der Waals surface area contributed by atoms with Crippen molar-refractivity contribution >= 4 is 17.3 Å². The molecule has 1 aromatic heterocycles. The van der Waals surface area contributed by atoms with Gasteiger partial charge in [0.1, 0.15) is 11.6 Å². The summed E-state index contributed by atoms with van der Waals surface area (Å²) in [6.45, 7) is 4.77. The summed E-state index contributed by atoms with van der Waals surface area (Å²) >= 11 is 6.09. The van der Waals surface area contributed by atoms with Gasteiger partial charge in [-0.15, -0.1) is 10.2 Å². The van der Waals surface area contributed by atoms with Crippen LogP contribution in [0, 0.1) is 0 Å². The van der Waals surface area contributed by atoms with Crippen LogP contribution in [0.25, 0.3) is 17.1 Å². The Hall–Kier alpha value is -2.53. The van der Waals surface area contributed by atoms with E-state index in [1.165, 1.54) is 0 Å². The fourth-order valence-electron chi connectivity index (χ4n) is 2.72. The van der Waals surface area contributed by atoms with Crippen molar-refractivity contribution in [2.75, 3.05) is 11.9 Å². The highest BCUT2D eigenvalue weighted by Crippen LogP contribution is 2.32. The molecule has 2 N–H and O–H groups in total. The zero-order valence-electron chi connectivity index (χ0n) is 13.6. The van der Waals surface area contributed by atoms with E-state index in [0.717, 1.165) is 35.7 Å². The molecule has 124 valence electrons. The molecule has 5 nitrogen and oxygen atoms in total. The van der Waals surface area contributed by atoms with Gasteiger partial charge in [0.05, 0.1) is 11.4 Å². The minimum atomic E-state index is 0.206. The maximum atomic E-state index is 9.72. The molecule has 0 saturated heterocycles. The van der Waals surface area contributed by atoms with E-state index in [1.54, 1.807) is 18.2 Å². The number of anilines is 1. The molecule has 0 bridgehead atoms. The molecule has 24 heavy (non-hydrogen) atoms. The number of nitrogens with one attached hydrogen (secondary N) is 1. The van der Waals surface area contributed by atoms with Gasteiger partial charge in [-0.25, -0.2) is 0 Å². The van der Waals surface area contributed by atoms with Crippen LogP contribution in [0.15, 0.2) is 42.5 Å². The number of nitrogens with zero attached hydrogens (tertiary/aromatic N) is 3. The van der Waals surface area contributed by atoms with Crippen molar-refractivity contribution in [2.24, 2.45) is 0 Å². The maximum absolute atomic E-state index is 9.72. The third kappa shape index (κ3) is 2.95. The second-order valence-corrected chi connectivity index (χ2v) is 5.60. The molecule has 4 rings (SSSR count).